The SMILES string of the molecule is COC(=O)c1ccc(C)c(-n2c(C)cc(OCc3ccccc3CN=C=O)c(Cl)c2=O)c1. The number of benzene rings is 2. The van der Waals surface area contributed by atoms with Gasteiger partial charge in [0.25, 0.3) is 5.56 Å². The van der Waals surface area contributed by atoms with Gasteiger partial charge in [0, 0.05) is 11.8 Å². The molecule has 164 valence electrons. The quantitative estimate of drug-likeness (QED) is 0.303. The highest BCUT2D eigenvalue weighted by Gasteiger charge is 2.17. The summed E-state index contributed by atoms with van der Waals surface area (Å²) in [6, 6.07) is 14.0. The van der Waals surface area contributed by atoms with Gasteiger partial charge in [0.1, 0.15) is 17.4 Å². The number of isocyanates is 1. The van der Waals surface area contributed by atoms with Gasteiger partial charge >= 0.3 is 5.97 Å². The van der Waals surface area contributed by atoms with Crippen molar-refractivity contribution in [3.63, 3.8) is 0 Å². The van der Waals surface area contributed by atoms with Crippen LogP contribution in [0, 0.1) is 13.8 Å². The lowest BCUT2D eigenvalue weighted by Gasteiger charge is -2.17. The van der Waals surface area contributed by atoms with Gasteiger partial charge in [-0.3, -0.25) is 9.36 Å². The van der Waals surface area contributed by atoms with Crippen LogP contribution >= 0.6 is 11.6 Å². The van der Waals surface area contributed by atoms with Crippen molar-refractivity contribution in [2.45, 2.75) is 27.0 Å². The minimum Gasteiger partial charge on any atom is -0.487 e. The van der Waals surface area contributed by atoms with Crippen LogP contribution in [0.2, 0.25) is 5.02 Å². The van der Waals surface area contributed by atoms with Gasteiger partial charge in [-0.25, -0.2) is 14.6 Å². The predicted octanol–water partition coefficient (Wildman–Crippen LogP) is 4.31. The summed E-state index contributed by atoms with van der Waals surface area (Å²) in [6.45, 7) is 3.91. The maximum absolute atomic E-state index is 13.1. The topological polar surface area (TPSA) is 87.0 Å². The highest BCUT2D eigenvalue weighted by molar-refractivity contribution is 6.31. The van der Waals surface area contributed by atoms with Gasteiger partial charge < -0.3 is 9.47 Å². The molecular formula is C24H21ClN2O5. The lowest BCUT2D eigenvalue weighted by Crippen LogP contribution is -2.23. The largest absolute Gasteiger partial charge is 0.487 e. The number of methoxy groups -OCH3 is 1. The summed E-state index contributed by atoms with van der Waals surface area (Å²) in [5.41, 5.74) is 3.38. The van der Waals surface area contributed by atoms with Gasteiger partial charge in [-0.1, -0.05) is 41.9 Å². The number of pyridine rings is 1. The summed E-state index contributed by atoms with van der Waals surface area (Å²) < 4.78 is 12.1. The zero-order valence-corrected chi connectivity index (χ0v) is 18.6. The molecule has 0 saturated carbocycles. The highest BCUT2D eigenvalue weighted by atomic mass is 35.5. The summed E-state index contributed by atoms with van der Waals surface area (Å²) in [6.07, 6.45) is 1.52. The van der Waals surface area contributed by atoms with Gasteiger partial charge in [-0.05, 0) is 42.7 Å². The molecule has 0 aliphatic carbocycles. The molecule has 0 spiro atoms. The van der Waals surface area contributed by atoms with E-state index in [-0.39, 0.29) is 23.9 Å². The Labute approximate surface area is 189 Å². The Balaban J connectivity index is 1.97. The van der Waals surface area contributed by atoms with E-state index in [9.17, 15) is 14.4 Å². The second-order valence-corrected chi connectivity index (χ2v) is 7.44. The lowest BCUT2D eigenvalue weighted by molar-refractivity contribution is 0.0600. The van der Waals surface area contributed by atoms with Gasteiger partial charge in [0.05, 0.1) is 24.9 Å². The molecule has 7 nitrogen and oxygen atoms in total. The molecule has 0 bridgehead atoms. The van der Waals surface area contributed by atoms with Gasteiger partial charge in [-0.15, -0.1) is 0 Å². The third-order valence-electron chi connectivity index (χ3n) is 4.99. The Kier molecular flexibility index (Phi) is 7.25. The van der Waals surface area contributed by atoms with Gasteiger partial charge in [-0.2, -0.15) is 0 Å². The van der Waals surface area contributed by atoms with E-state index < -0.39 is 11.5 Å². The van der Waals surface area contributed by atoms with Crippen LogP contribution in [-0.2, 0) is 22.7 Å². The number of halogens is 1. The van der Waals surface area contributed by atoms with Crippen molar-refractivity contribution in [3.05, 3.63) is 91.9 Å². The number of esters is 1. The molecule has 32 heavy (non-hydrogen) atoms. The molecule has 0 aliphatic heterocycles. The van der Waals surface area contributed by atoms with Crippen molar-refractivity contribution in [2.75, 3.05) is 7.11 Å². The van der Waals surface area contributed by atoms with E-state index in [1.54, 1.807) is 31.2 Å². The molecule has 0 unspecified atom stereocenters. The maximum atomic E-state index is 13.1. The monoisotopic (exact) mass is 452 g/mol. The fourth-order valence-corrected chi connectivity index (χ4v) is 3.50. The molecule has 3 rings (SSSR count). The van der Waals surface area contributed by atoms with Crippen LogP contribution in [0.3, 0.4) is 0 Å². The summed E-state index contributed by atoms with van der Waals surface area (Å²) in [7, 11) is 1.30. The molecule has 2 aromatic carbocycles. The molecule has 1 heterocycles. The van der Waals surface area contributed by atoms with Crippen LogP contribution in [0.15, 0.2) is 58.3 Å². The fraction of sp³-hybridized carbons (Fsp3) is 0.208. The van der Waals surface area contributed by atoms with E-state index in [1.807, 2.05) is 31.2 Å². The summed E-state index contributed by atoms with van der Waals surface area (Å²) in [4.78, 5) is 39.1. The first-order chi connectivity index (χ1) is 15.4. The van der Waals surface area contributed by atoms with E-state index >= 15 is 0 Å². The van der Waals surface area contributed by atoms with Crippen LogP contribution in [0.1, 0.15) is 32.7 Å². The second kappa shape index (κ2) is 10.1. The molecule has 0 aliphatic rings. The lowest BCUT2D eigenvalue weighted by atomic mass is 10.1. The van der Waals surface area contributed by atoms with Crippen LogP contribution < -0.4 is 10.3 Å². The Morgan fingerprint density at radius 3 is 2.53 bits per heavy atom. The number of carbonyl (C=O) groups excluding carboxylic acids is 2. The van der Waals surface area contributed by atoms with Crippen molar-refractivity contribution >= 4 is 23.7 Å². The molecule has 0 amide bonds. The van der Waals surface area contributed by atoms with E-state index in [1.165, 1.54) is 17.8 Å². The maximum Gasteiger partial charge on any atom is 0.337 e. The number of hydrogen-bond donors (Lipinski definition) is 0. The number of rotatable bonds is 7. The first-order valence-electron chi connectivity index (χ1n) is 9.72. The number of aryl methyl sites for hydroxylation is 2. The molecule has 3 aromatic rings. The molecule has 0 fully saturated rings. The van der Waals surface area contributed by atoms with Crippen LogP contribution in [0.5, 0.6) is 5.75 Å². The zero-order chi connectivity index (χ0) is 23.3. The van der Waals surface area contributed by atoms with Crippen molar-refractivity contribution in [3.8, 4) is 11.4 Å². The Morgan fingerprint density at radius 2 is 1.84 bits per heavy atom. The molecule has 1 aromatic heterocycles. The highest BCUT2D eigenvalue weighted by Crippen LogP contribution is 2.26. The molecule has 0 saturated heterocycles. The number of carbonyl (C=O) groups is 1. The zero-order valence-electron chi connectivity index (χ0n) is 17.8. The van der Waals surface area contributed by atoms with Crippen LogP contribution in [-0.4, -0.2) is 23.7 Å². The number of hydrogen-bond acceptors (Lipinski definition) is 6. The average molecular weight is 453 g/mol. The minimum atomic E-state index is -0.499. The number of nitrogens with zero attached hydrogens (tertiary/aromatic N) is 2. The fourth-order valence-electron chi connectivity index (χ4n) is 3.31. The molecule has 0 radical (unpaired) electrons. The third kappa shape index (κ3) is 4.80. The minimum absolute atomic E-state index is 0.0816. The Hall–Kier alpha value is -3.67. The number of ether oxygens (including phenoxy) is 2. The predicted molar refractivity (Wildman–Crippen MR) is 120 cm³/mol. The summed E-state index contributed by atoms with van der Waals surface area (Å²) in [5, 5.41) is -0.0816. The normalized spacial score (nSPS) is 10.4. The third-order valence-corrected chi connectivity index (χ3v) is 5.33. The van der Waals surface area contributed by atoms with Gasteiger partial charge in [0.15, 0.2) is 0 Å². The van der Waals surface area contributed by atoms with Crippen molar-refractivity contribution in [1.29, 1.82) is 0 Å². The molecule has 0 N–H and O–H groups in total. The van der Waals surface area contributed by atoms with E-state index in [2.05, 4.69) is 4.99 Å². The van der Waals surface area contributed by atoms with E-state index in [4.69, 9.17) is 21.1 Å². The average Bonchev–Trinajstić information content (AvgIpc) is 2.80. The first kappa shape index (κ1) is 23.0. The van der Waals surface area contributed by atoms with Crippen LogP contribution in [0.25, 0.3) is 5.69 Å². The van der Waals surface area contributed by atoms with E-state index in [0.717, 1.165) is 16.7 Å². The Bertz CT molecular complexity index is 1280. The molecule has 0 atom stereocenters. The smallest absolute Gasteiger partial charge is 0.337 e. The standard InChI is InChI=1S/C24H21ClN2O5/c1-15-8-9-17(24(30)31-3)11-20(15)27-16(2)10-21(22(25)23(27)29)32-13-19-7-5-4-6-18(19)12-26-14-28/h4-11H,12-13H2,1-3H3. The van der Waals surface area contributed by atoms with Gasteiger partial charge in [0.2, 0.25) is 6.08 Å². The number of aliphatic imine (C=N–C) groups is 1. The molecule has 8 heteroatoms. The summed E-state index contributed by atoms with van der Waals surface area (Å²) in [5.74, 6) is -0.263. The summed E-state index contributed by atoms with van der Waals surface area (Å²) >= 11 is 6.37. The second-order valence-electron chi connectivity index (χ2n) is 7.06. The first-order valence-corrected chi connectivity index (χ1v) is 10.1. The van der Waals surface area contributed by atoms with Crippen molar-refractivity contribution in [2.24, 2.45) is 4.99 Å². The number of aromatic nitrogens is 1. The van der Waals surface area contributed by atoms with Crippen LogP contribution in [0.4, 0.5) is 0 Å². The Morgan fingerprint density at radius 1 is 1.12 bits per heavy atom. The van der Waals surface area contributed by atoms with E-state index in [0.29, 0.717) is 16.9 Å². The van der Waals surface area contributed by atoms with Crippen molar-refractivity contribution in [1.82, 2.24) is 4.57 Å². The molecular weight excluding hydrogens is 432 g/mol. The van der Waals surface area contributed by atoms with Crippen molar-refractivity contribution < 1.29 is 19.1 Å².